The summed E-state index contributed by atoms with van der Waals surface area (Å²) >= 11 is 0. The number of carbonyl (C=O) groups is 2. The Morgan fingerprint density at radius 1 is 1.10 bits per heavy atom. The predicted molar refractivity (Wildman–Crippen MR) is 119 cm³/mol. The maximum Gasteiger partial charge on any atom is 0.254 e. The summed E-state index contributed by atoms with van der Waals surface area (Å²) in [6.07, 6.45) is 1.86. The van der Waals surface area contributed by atoms with Crippen molar-refractivity contribution in [3.8, 4) is 0 Å². The number of primary amides is 1. The summed E-state index contributed by atoms with van der Waals surface area (Å²) < 4.78 is 0. The van der Waals surface area contributed by atoms with Gasteiger partial charge >= 0.3 is 0 Å². The monoisotopic (exact) mass is 420 g/mol. The van der Waals surface area contributed by atoms with Crippen LogP contribution in [0.25, 0.3) is 0 Å². The van der Waals surface area contributed by atoms with Crippen LogP contribution in [-0.2, 0) is 11.2 Å². The minimum absolute atomic E-state index is 0.115. The fourth-order valence-corrected chi connectivity index (χ4v) is 2.99. The molecule has 0 aliphatic heterocycles. The molecule has 1 atom stereocenters. The number of carbonyl (C=O) groups excluding carboxylic acids is 2. The number of nitrogens with two attached hydrogens (primary N) is 1. The van der Waals surface area contributed by atoms with Crippen molar-refractivity contribution in [2.75, 3.05) is 22.6 Å². The third-order valence-electron chi connectivity index (χ3n) is 4.38. The summed E-state index contributed by atoms with van der Waals surface area (Å²) in [5.74, 6) is -0.417. The molecule has 1 heterocycles. The van der Waals surface area contributed by atoms with Crippen molar-refractivity contribution in [2.45, 2.75) is 19.4 Å². The molecule has 0 bridgehead atoms. The second-order valence-corrected chi connectivity index (χ2v) is 6.92. The van der Waals surface area contributed by atoms with E-state index in [0.29, 0.717) is 17.8 Å². The van der Waals surface area contributed by atoms with Crippen LogP contribution in [0.3, 0.4) is 0 Å². The largest absolute Gasteiger partial charge is 0.394 e. The molecular formula is C22H24N6O3. The molecule has 3 aromatic rings. The van der Waals surface area contributed by atoms with E-state index in [0.717, 1.165) is 5.56 Å². The standard InChI is InChI=1S/C22H24N6O3/c1-14(30)25-16-8-5-9-17(11-16)27-22-24-12-19(20(23)31)21(28-22)26-18(13-29)10-15-6-3-2-4-7-15/h2-9,11-12,18,29H,10,13H2,1H3,(H2,23,31)(H,25,30)(H2,24,26,27,28). The number of rotatable bonds is 9. The highest BCUT2D eigenvalue weighted by atomic mass is 16.3. The summed E-state index contributed by atoms with van der Waals surface area (Å²) in [4.78, 5) is 31.6. The molecule has 1 unspecified atom stereocenters. The number of benzene rings is 2. The topological polar surface area (TPSA) is 142 Å². The van der Waals surface area contributed by atoms with Crippen LogP contribution >= 0.6 is 0 Å². The molecule has 3 rings (SSSR count). The second kappa shape index (κ2) is 10.2. The lowest BCUT2D eigenvalue weighted by atomic mass is 10.1. The van der Waals surface area contributed by atoms with Gasteiger partial charge in [-0.3, -0.25) is 9.59 Å². The molecule has 6 N–H and O–H groups in total. The van der Waals surface area contributed by atoms with Gasteiger partial charge in [0.1, 0.15) is 5.82 Å². The average Bonchev–Trinajstić information content (AvgIpc) is 2.74. The van der Waals surface area contributed by atoms with Crippen molar-refractivity contribution in [2.24, 2.45) is 5.73 Å². The van der Waals surface area contributed by atoms with Gasteiger partial charge in [0.25, 0.3) is 5.91 Å². The summed E-state index contributed by atoms with van der Waals surface area (Å²) in [5.41, 5.74) is 7.87. The third kappa shape index (κ3) is 6.25. The van der Waals surface area contributed by atoms with Gasteiger partial charge in [0, 0.05) is 24.5 Å². The zero-order valence-corrected chi connectivity index (χ0v) is 17.0. The van der Waals surface area contributed by atoms with E-state index in [1.807, 2.05) is 30.3 Å². The highest BCUT2D eigenvalue weighted by Gasteiger charge is 2.17. The van der Waals surface area contributed by atoms with Crippen LogP contribution in [-0.4, -0.2) is 39.5 Å². The summed E-state index contributed by atoms with van der Waals surface area (Å²) in [7, 11) is 0. The Balaban J connectivity index is 1.82. The first kappa shape index (κ1) is 21.7. The Labute approximate surface area is 179 Å². The molecule has 0 fully saturated rings. The Morgan fingerprint density at radius 3 is 2.52 bits per heavy atom. The molecule has 0 saturated carbocycles. The van der Waals surface area contributed by atoms with E-state index in [-0.39, 0.29) is 35.9 Å². The molecule has 0 spiro atoms. The molecule has 0 radical (unpaired) electrons. The first-order valence-electron chi connectivity index (χ1n) is 9.67. The van der Waals surface area contributed by atoms with Gasteiger partial charge in [0.15, 0.2) is 0 Å². The van der Waals surface area contributed by atoms with Crippen LogP contribution in [0.4, 0.5) is 23.1 Å². The van der Waals surface area contributed by atoms with Crippen molar-refractivity contribution in [3.63, 3.8) is 0 Å². The zero-order chi connectivity index (χ0) is 22.2. The summed E-state index contributed by atoms with van der Waals surface area (Å²) in [6, 6.07) is 16.3. The number of aromatic nitrogens is 2. The number of nitrogens with one attached hydrogen (secondary N) is 3. The summed E-state index contributed by atoms with van der Waals surface area (Å²) in [6.45, 7) is 1.26. The molecule has 160 valence electrons. The first-order valence-corrected chi connectivity index (χ1v) is 9.67. The van der Waals surface area contributed by atoms with Crippen LogP contribution in [0, 0.1) is 0 Å². The third-order valence-corrected chi connectivity index (χ3v) is 4.38. The van der Waals surface area contributed by atoms with E-state index < -0.39 is 5.91 Å². The van der Waals surface area contributed by atoms with Gasteiger partial charge in [0.05, 0.1) is 18.2 Å². The molecule has 0 aliphatic carbocycles. The zero-order valence-electron chi connectivity index (χ0n) is 17.0. The minimum Gasteiger partial charge on any atom is -0.394 e. The van der Waals surface area contributed by atoms with Crippen molar-refractivity contribution in [3.05, 3.63) is 71.9 Å². The fraction of sp³-hybridized carbons (Fsp3) is 0.182. The van der Waals surface area contributed by atoms with Gasteiger partial charge in [0.2, 0.25) is 11.9 Å². The van der Waals surface area contributed by atoms with E-state index in [4.69, 9.17) is 5.73 Å². The Bertz CT molecular complexity index is 1060. The van der Waals surface area contributed by atoms with Gasteiger partial charge in [-0.05, 0) is 30.2 Å². The SMILES string of the molecule is CC(=O)Nc1cccc(Nc2ncc(C(N)=O)c(NC(CO)Cc3ccccc3)n2)c1. The van der Waals surface area contributed by atoms with E-state index in [1.165, 1.54) is 13.1 Å². The van der Waals surface area contributed by atoms with Crippen LogP contribution in [0.15, 0.2) is 60.8 Å². The van der Waals surface area contributed by atoms with Gasteiger partial charge in [-0.2, -0.15) is 4.98 Å². The lowest BCUT2D eigenvalue weighted by molar-refractivity contribution is -0.114. The van der Waals surface area contributed by atoms with E-state index in [9.17, 15) is 14.7 Å². The maximum atomic E-state index is 11.8. The number of hydrogen-bond acceptors (Lipinski definition) is 7. The highest BCUT2D eigenvalue weighted by Crippen LogP contribution is 2.21. The van der Waals surface area contributed by atoms with Crippen LogP contribution < -0.4 is 21.7 Å². The number of anilines is 4. The van der Waals surface area contributed by atoms with Crippen LogP contribution in [0.2, 0.25) is 0 Å². The van der Waals surface area contributed by atoms with E-state index in [1.54, 1.807) is 24.3 Å². The van der Waals surface area contributed by atoms with Gasteiger partial charge in [-0.1, -0.05) is 36.4 Å². The molecule has 2 amide bonds. The number of aliphatic hydroxyl groups excluding tert-OH is 1. The lowest BCUT2D eigenvalue weighted by Gasteiger charge is -2.19. The number of amides is 2. The molecule has 9 heteroatoms. The summed E-state index contributed by atoms with van der Waals surface area (Å²) in [5, 5.41) is 18.6. The molecule has 2 aromatic carbocycles. The Kier molecular flexibility index (Phi) is 7.13. The molecule has 1 aromatic heterocycles. The highest BCUT2D eigenvalue weighted by molar-refractivity contribution is 5.97. The fourth-order valence-electron chi connectivity index (χ4n) is 2.99. The molecule has 0 saturated heterocycles. The Hall–Kier alpha value is -3.98. The van der Waals surface area contributed by atoms with Gasteiger partial charge in [-0.15, -0.1) is 0 Å². The second-order valence-electron chi connectivity index (χ2n) is 6.92. The maximum absolute atomic E-state index is 11.8. The molecular weight excluding hydrogens is 396 g/mol. The number of hydrogen-bond donors (Lipinski definition) is 5. The number of nitrogens with zero attached hydrogens (tertiary/aromatic N) is 2. The first-order chi connectivity index (χ1) is 14.9. The van der Waals surface area contributed by atoms with Crippen molar-refractivity contribution >= 4 is 35.0 Å². The van der Waals surface area contributed by atoms with Gasteiger partial charge < -0.3 is 26.8 Å². The smallest absolute Gasteiger partial charge is 0.254 e. The van der Waals surface area contributed by atoms with Crippen LogP contribution in [0.1, 0.15) is 22.8 Å². The normalized spacial score (nSPS) is 11.4. The molecule has 0 aliphatic rings. The van der Waals surface area contributed by atoms with Gasteiger partial charge in [-0.25, -0.2) is 4.98 Å². The Morgan fingerprint density at radius 2 is 1.84 bits per heavy atom. The number of aliphatic hydroxyl groups is 1. The quantitative estimate of drug-likeness (QED) is 0.357. The molecule has 31 heavy (non-hydrogen) atoms. The average molecular weight is 420 g/mol. The minimum atomic E-state index is -0.682. The molecule has 9 nitrogen and oxygen atoms in total. The van der Waals surface area contributed by atoms with E-state index in [2.05, 4.69) is 25.9 Å². The van der Waals surface area contributed by atoms with Crippen molar-refractivity contribution in [1.82, 2.24) is 9.97 Å². The van der Waals surface area contributed by atoms with Crippen molar-refractivity contribution < 1.29 is 14.7 Å². The van der Waals surface area contributed by atoms with E-state index >= 15 is 0 Å². The van der Waals surface area contributed by atoms with Crippen LogP contribution in [0.5, 0.6) is 0 Å². The predicted octanol–water partition coefficient (Wildman–Crippen LogP) is 2.29. The van der Waals surface area contributed by atoms with Crippen molar-refractivity contribution in [1.29, 1.82) is 0 Å². The lowest BCUT2D eigenvalue weighted by Crippen LogP contribution is -2.29.